The lowest BCUT2D eigenvalue weighted by Crippen LogP contribution is -2.39. The van der Waals surface area contributed by atoms with Crippen molar-refractivity contribution in [3.05, 3.63) is 67.7 Å². The van der Waals surface area contributed by atoms with Gasteiger partial charge in [-0.1, -0.05) is 23.7 Å². The van der Waals surface area contributed by atoms with E-state index in [1.54, 1.807) is 12.1 Å². The van der Waals surface area contributed by atoms with Gasteiger partial charge >= 0.3 is 5.69 Å². The fourth-order valence-electron chi connectivity index (χ4n) is 1.99. The van der Waals surface area contributed by atoms with Crippen LogP contribution in [-0.2, 0) is 13.1 Å². The van der Waals surface area contributed by atoms with Crippen LogP contribution in [0.25, 0.3) is 0 Å². The van der Waals surface area contributed by atoms with Gasteiger partial charge in [-0.2, -0.15) is 0 Å². The molecule has 0 saturated heterocycles. The summed E-state index contributed by atoms with van der Waals surface area (Å²) in [6.45, 7) is 0.630. The number of benzene rings is 1. The monoisotopic (exact) mass is 311 g/mol. The van der Waals surface area contributed by atoms with Crippen LogP contribution in [0.3, 0.4) is 0 Å². The summed E-state index contributed by atoms with van der Waals surface area (Å²) in [5, 5.41) is -0.00278. The summed E-state index contributed by atoms with van der Waals surface area (Å²) in [6, 6.07) is 5.87. The Morgan fingerprint density at radius 1 is 1.24 bits per heavy atom. The Morgan fingerprint density at radius 2 is 2.00 bits per heavy atom. The molecular formula is C14H15ClFN3O2. The highest BCUT2D eigenvalue weighted by atomic mass is 35.5. The Balaban J connectivity index is 2.39. The average Bonchev–Trinajstić information content (AvgIpc) is 2.46. The molecule has 0 aliphatic carbocycles. The van der Waals surface area contributed by atoms with Crippen molar-refractivity contribution in [1.29, 1.82) is 0 Å². The van der Waals surface area contributed by atoms with E-state index in [1.807, 2.05) is 0 Å². The summed E-state index contributed by atoms with van der Waals surface area (Å²) in [6.07, 6.45) is 1.87. The highest BCUT2D eigenvalue weighted by Crippen LogP contribution is 2.18. The number of halogens is 2. The van der Waals surface area contributed by atoms with E-state index in [-0.39, 0.29) is 23.7 Å². The maximum Gasteiger partial charge on any atom is 0.331 e. The summed E-state index contributed by atoms with van der Waals surface area (Å²) in [4.78, 5) is 23.9. The molecule has 0 amide bonds. The SMILES string of the molecule is NCCCn1c(=O)ccn(Cc2cccc(Cl)c2F)c1=O. The van der Waals surface area contributed by atoms with Gasteiger partial charge in [0.15, 0.2) is 0 Å². The Bertz CT molecular complexity index is 755. The van der Waals surface area contributed by atoms with Gasteiger partial charge in [-0.3, -0.25) is 13.9 Å². The van der Waals surface area contributed by atoms with Crippen LogP contribution < -0.4 is 17.0 Å². The molecule has 0 spiro atoms. The lowest BCUT2D eigenvalue weighted by molar-refractivity contribution is 0.543. The molecule has 21 heavy (non-hydrogen) atoms. The van der Waals surface area contributed by atoms with Crippen molar-refractivity contribution in [2.45, 2.75) is 19.5 Å². The summed E-state index contributed by atoms with van der Waals surface area (Å²) >= 11 is 5.71. The first-order chi connectivity index (χ1) is 10.0. The fraction of sp³-hybridized carbons (Fsp3) is 0.286. The smallest absolute Gasteiger partial charge is 0.330 e. The third-order valence-corrected chi connectivity index (χ3v) is 3.39. The fourth-order valence-corrected chi connectivity index (χ4v) is 2.18. The van der Waals surface area contributed by atoms with Crippen LogP contribution in [0.15, 0.2) is 40.1 Å². The molecule has 0 radical (unpaired) electrons. The van der Waals surface area contributed by atoms with E-state index in [4.69, 9.17) is 17.3 Å². The molecule has 2 aromatic rings. The van der Waals surface area contributed by atoms with Crippen LogP contribution in [0.5, 0.6) is 0 Å². The number of nitrogens with zero attached hydrogens (tertiary/aromatic N) is 2. The Hall–Kier alpha value is -1.92. The second kappa shape index (κ2) is 6.69. The zero-order valence-corrected chi connectivity index (χ0v) is 12.0. The molecule has 0 unspecified atom stereocenters. The largest absolute Gasteiger partial charge is 0.331 e. The van der Waals surface area contributed by atoms with Crippen molar-refractivity contribution in [2.75, 3.05) is 6.54 Å². The van der Waals surface area contributed by atoms with E-state index in [0.29, 0.717) is 13.0 Å². The minimum Gasteiger partial charge on any atom is -0.330 e. The predicted octanol–water partition coefficient (Wildman–Crippen LogP) is 1.20. The first-order valence-electron chi connectivity index (χ1n) is 6.48. The second-order valence-electron chi connectivity index (χ2n) is 4.57. The van der Waals surface area contributed by atoms with Crippen LogP contribution in [0.4, 0.5) is 4.39 Å². The van der Waals surface area contributed by atoms with Gasteiger partial charge in [0.25, 0.3) is 5.56 Å². The minimum absolute atomic E-state index is 0.00278. The van der Waals surface area contributed by atoms with Crippen molar-refractivity contribution in [1.82, 2.24) is 9.13 Å². The highest BCUT2D eigenvalue weighted by Gasteiger charge is 2.10. The Morgan fingerprint density at radius 3 is 2.71 bits per heavy atom. The molecular weight excluding hydrogens is 297 g/mol. The molecule has 0 bridgehead atoms. The number of hydrogen-bond donors (Lipinski definition) is 1. The Kier molecular flexibility index (Phi) is 4.93. The van der Waals surface area contributed by atoms with Crippen LogP contribution in [0.1, 0.15) is 12.0 Å². The number of aromatic nitrogens is 2. The van der Waals surface area contributed by atoms with Gasteiger partial charge in [-0.15, -0.1) is 0 Å². The molecule has 0 atom stereocenters. The summed E-state index contributed by atoms with van der Waals surface area (Å²) in [5.41, 5.74) is 4.79. The van der Waals surface area contributed by atoms with Gasteiger partial charge in [0, 0.05) is 24.4 Å². The zero-order valence-electron chi connectivity index (χ0n) is 11.3. The molecule has 0 aliphatic rings. The lowest BCUT2D eigenvalue weighted by atomic mass is 10.2. The van der Waals surface area contributed by atoms with Gasteiger partial charge in [0.1, 0.15) is 5.82 Å². The molecule has 1 aromatic carbocycles. The molecule has 7 heteroatoms. The lowest BCUT2D eigenvalue weighted by Gasteiger charge is -2.10. The van der Waals surface area contributed by atoms with E-state index in [2.05, 4.69) is 0 Å². The zero-order chi connectivity index (χ0) is 15.4. The topological polar surface area (TPSA) is 70.0 Å². The quantitative estimate of drug-likeness (QED) is 0.902. The Labute approximate surface area is 125 Å². The third-order valence-electron chi connectivity index (χ3n) is 3.10. The van der Waals surface area contributed by atoms with Crippen molar-refractivity contribution in [3.8, 4) is 0 Å². The van der Waals surface area contributed by atoms with Gasteiger partial charge in [-0.05, 0) is 19.0 Å². The first kappa shape index (κ1) is 15.5. The summed E-state index contributed by atoms with van der Waals surface area (Å²) in [5.74, 6) is -0.564. The van der Waals surface area contributed by atoms with E-state index < -0.39 is 17.1 Å². The predicted molar refractivity (Wildman–Crippen MR) is 79.1 cm³/mol. The maximum absolute atomic E-state index is 13.9. The molecule has 0 saturated carbocycles. The molecule has 0 fully saturated rings. The standard InChI is InChI=1S/C14H15ClFN3O2/c15-11-4-1-3-10(13(11)16)9-18-8-5-12(20)19(14(18)21)7-2-6-17/h1,3-5,8H,2,6-7,9,17H2. The third kappa shape index (κ3) is 3.40. The van der Waals surface area contributed by atoms with Crippen molar-refractivity contribution in [2.24, 2.45) is 5.73 Å². The molecule has 112 valence electrons. The van der Waals surface area contributed by atoms with Crippen LogP contribution in [0.2, 0.25) is 5.02 Å². The van der Waals surface area contributed by atoms with Crippen molar-refractivity contribution in [3.63, 3.8) is 0 Å². The van der Waals surface area contributed by atoms with E-state index in [1.165, 1.54) is 22.9 Å². The number of nitrogens with two attached hydrogens (primary N) is 1. The number of hydrogen-bond acceptors (Lipinski definition) is 3. The summed E-state index contributed by atoms with van der Waals surface area (Å²) < 4.78 is 16.2. The average molecular weight is 312 g/mol. The van der Waals surface area contributed by atoms with Gasteiger partial charge in [0.2, 0.25) is 0 Å². The normalized spacial score (nSPS) is 10.8. The highest BCUT2D eigenvalue weighted by molar-refractivity contribution is 6.30. The molecule has 1 aromatic heterocycles. The van der Waals surface area contributed by atoms with E-state index in [0.717, 1.165) is 4.57 Å². The van der Waals surface area contributed by atoms with Crippen LogP contribution in [0, 0.1) is 5.82 Å². The summed E-state index contributed by atoms with van der Waals surface area (Å²) in [7, 11) is 0. The van der Waals surface area contributed by atoms with Gasteiger partial charge in [-0.25, -0.2) is 9.18 Å². The van der Waals surface area contributed by atoms with Crippen molar-refractivity contribution >= 4 is 11.6 Å². The number of rotatable bonds is 5. The van der Waals surface area contributed by atoms with Crippen molar-refractivity contribution < 1.29 is 4.39 Å². The van der Waals surface area contributed by atoms with Gasteiger partial charge in [0.05, 0.1) is 11.6 Å². The van der Waals surface area contributed by atoms with E-state index in [9.17, 15) is 14.0 Å². The second-order valence-corrected chi connectivity index (χ2v) is 4.98. The first-order valence-corrected chi connectivity index (χ1v) is 6.85. The minimum atomic E-state index is -0.564. The molecule has 2 N–H and O–H groups in total. The maximum atomic E-state index is 13.9. The molecule has 5 nitrogen and oxygen atoms in total. The van der Waals surface area contributed by atoms with Crippen LogP contribution >= 0.6 is 11.6 Å². The van der Waals surface area contributed by atoms with Crippen LogP contribution in [-0.4, -0.2) is 15.7 Å². The molecule has 2 rings (SSSR count). The van der Waals surface area contributed by atoms with Gasteiger partial charge < -0.3 is 5.73 Å². The molecule has 0 aliphatic heterocycles. The molecule has 1 heterocycles. The van der Waals surface area contributed by atoms with E-state index >= 15 is 0 Å².